The Labute approximate surface area is 118 Å². The van der Waals surface area contributed by atoms with E-state index in [2.05, 4.69) is 17.0 Å². The third-order valence-electron chi connectivity index (χ3n) is 3.66. The molecule has 3 rings (SSSR count). The van der Waals surface area contributed by atoms with E-state index in [1.165, 1.54) is 5.56 Å². The van der Waals surface area contributed by atoms with Gasteiger partial charge in [-0.15, -0.1) is 0 Å². The highest BCUT2D eigenvalue weighted by Gasteiger charge is 2.20. The number of aryl methyl sites for hydroxylation is 2. The minimum Gasteiger partial charge on any atom is -0.486 e. The van der Waals surface area contributed by atoms with Crippen LogP contribution in [0.5, 0.6) is 5.75 Å². The van der Waals surface area contributed by atoms with Crippen LogP contribution < -0.4 is 4.74 Å². The molecule has 1 aliphatic carbocycles. The Morgan fingerprint density at radius 3 is 3.20 bits per heavy atom. The summed E-state index contributed by atoms with van der Waals surface area (Å²) in [6.07, 6.45) is 4.00. The lowest BCUT2D eigenvalue weighted by Gasteiger charge is -2.09. The second-order valence-electron chi connectivity index (χ2n) is 5.10. The largest absolute Gasteiger partial charge is 0.486 e. The van der Waals surface area contributed by atoms with E-state index >= 15 is 0 Å². The molecule has 0 saturated heterocycles. The van der Waals surface area contributed by atoms with Crippen molar-refractivity contribution in [3.63, 3.8) is 0 Å². The molecule has 0 amide bonds. The highest BCUT2D eigenvalue weighted by molar-refractivity contribution is 5.39. The topological polar surface area (TPSA) is 60.2 Å². The molecule has 5 nitrogen and oxygen atoms in total. The van der Waals surface area contributed by atoms with Crippen LogP contribution in [-0.2, 0) is 19.6 Å². The summed E-state index contributed by atoms with van der Waals surface area (Å²) in [5.41, 5.74) is 2.22. The minimum atomic E-state index is -0.313. The summed E-state index contributed by atoms with van der Waals surface area (Å²) in [7, 11) is 0. The molecule has 1 atom stereocenters. The predicted molar refractivity (Wildman–Crippen MR) is 74.4 cm³/mol. The Hall–Kier alpha value is -1.88. The van der Waals surface area contributed by atoms with Crippen LogP contribution >= 0.6 is 0 Å². The van der Waals surface area contributed by atoms with E-state index in [0.717, 1.165) is 42.9 Å². The van der Waals surface area contributed by atoms with Gasteiger partial charge in [0.05, 0.1) is 6.10 Å². The zero-order chi connectivity index (χ0) is 13.9. The van der Waals surface area contributed by atoms with E-state index in [4.69, 9.17) is 4.74 Å². The average Bonchev–Trinajstić information content (AvgIpc) is 3.04. The van der Waals surface area contributed by atoms with Gasteiger partial charge in [0.25, 0.3) is 0 Å². The second kappa shape index (κ2) is 5.63. The summed E-state index contributed by atoms with van der Waals surface area (Å²) in [5, 5.41) is 14.0. The molecule has 5 heteroatoms. The fraction of sp³-hybridized carbons (Fsp3) is 0.467. The van der Waals surface area contributed by atoms with E-state index in [1.807, 2.05) is 22.9 Å². The number of aliphatic hydroxyl groups excluding tert-OH is 1. The normalized spacial score (nSPS) is 17.2. The molecule has 1 N–H and O–H groups in total. The van der Waals surface area contributed by atoms with E-state index in [-0.39, 0.29) is 6.10 Å². The van der Waals surface area contributed by atoms with Gasteiger partial charge in [0.15, 0.2) is 5.82 Å². The number of rotatable bonds is 5. The quantitative estimate of drug-likeness (QED) is 0.907. The number of hydrogen-bond acceptors (Lipinski definition) is 4. The minimum absolute atomic E-state index is 0.313. The number of ether oxygens (including phenoxy) is 1. The summed E-state index contributed by atoms with van der Waals surface area (Å²) in [5.74, 6) is 1.66. The van der Waals surface area contributed by atoms with Crippen molar-refractivity contribution in [2.45, 2.75) is 45.4 Å². The molecule has 0 spiro atoms. The number of benzene rings is 1. The fourth-order valence-electron chi connectivity index (χ4n) is 2.61. The standard InChI is InChI=1S/C15H19N3O2/c1-2-7-18-15(16-10-17-18)9-20-12-4-5-13-11(8-12)3-6-14(13)19/h4-5,8,10,14,19H,2-3,6-7,9H2,1H3/t14-/m1/s1. The van der Waals surface area contributed by atoms with Gasteiger partial charge in [-0.3, -0.25) is 0 Å². The van der Waals surface area contributed by atoms with Crippen LogP contribution in [0.15, 0.2) is 24.5 Å². The summed E-state index contributed by atoms with van der Waals surface area (Å²) in [4.78, 5) is 4.22. The van der Waals surface area contributed by atoms with Gasteiger partial charge in [-0.2, -0.15) is 5.10 Å². The first-order chi connectivity index (χ1) is 9.78. The van der Waals surface area contributed by atoms with Crippen LogP contribution in [0.3, 0.4) is 0 Å². The molecule has 1 aromatic carbocycles. The summed E-state index contributed by atoms with van der Waals surface area (Å²) >= 11 is 0. The van der Waals surface area contributed by atoms with Crippen molar-refractivity contribution < 1.29 is 9.84 Å². The van der Waals surface area contributed by atoms with Crippen molar-refractivity contribution in [3.05, 3.63) is 41.5 Å². The average molecular weight is 273 g/mol. The van der Waals surface area contributed by atoms with Gasteiger partial charge in [-0.05, 0) is 42.5 Å². The van der Waals surface area contributed by atoms with Crippen molar-refractivity contribution in [3.8, 4) is 5.75 Å². The molecular formula is C15H19N3O2. The first-order valence-electron chi connectivity index (χ1n) is 7.08. The summed E-state index contributed by atoms with van der Waals surface area (Å²) in [6.45, 7) is 3.38. The predicted octanol–water partition coefficient (Wildman–Crippen LogP) is 2.25. The molecule has 106 valence electrons. The lowest BCUT2D eigenvalue weighted by atomic mass is 10.1. The summed E-state index contributed by atoms with van der Waals surface area (Å²) in [6, 6.07) is 5.89. The zero-order valence-corrected chi connectivity index (χ0v) is 11.6. The number of fused-ring (bicyclic) bond motifs is 1. The Morgan fingerprint density at radius 2 is 2.35 bits per heavy atom. The van der Waals surface area contributed by atoms with Crippen molar-refractivity contribution in [1.29, 1.82) is 0 Å². The van der Waals surface area contributed by atoms with Crippen LogP contribution in [0.25, 0.3) is 0 Å². The number of nitrogens with zero attached hydrogens (tertiary/aromatic N) is 3. The van der Waals surface area contributed by atoms with Gasteiger partial charge in [-0.1, -0.05) is 13.0 Å². The van der Waals surface area contributed by atoms with Crippen LogP contribution in [0.4, 0.5) is 0 Å². The van der Waals surface area contributed by atoms with Gasteiger partial charge in [0, 0.05) is 6.54 Å². The molecule has 0 radical (unpaired) electrons. The van der Waals surface area contributed by atoms with Crippen molar-refractivity contribution in [2.75, 3.05) is 0 Å². The van der Waals surface area contributed by atoms with Gasteiger partial charge >= 0.3 is 0 Å². The van der Waals surface area contributed by atoms with Crippen molar-refractivity contribution >= 4 is 0 Å². The molecule has 0 bridgehead atoms. The SMILES string of the molecule is CCCn1ncnc1COc1ccc2c(c1)CC[C@H]2O. The third-order valence-corrected chi connectivity index (χ3v) is 3.66. The second-order valence-corrected chi connectivity index (χ2v) is 5.10. The van der Waals surface area contributed by atoms with Crippen LogP contribution in [0.1, 0.15) is 42.8 Å². The van der Waals surface area contributed by atoms with Crippen LogP contribution in [0, 0.1) is 0 Å². The highest BCUT2D eigenvalue weighted by atomic mass is 16.5. The molecule has 0 unspecified atom stereocenters. The summed E-state index contributed by atoms with van der Waals surface area (Å²) < 4.78 is 7.67. The molecule has 1 aliphatic rings. The molecule has 0 aliphatic heterocycles. The van der Waals surface area contributed by atoms with E-state index < -0.39 is 0 Å². The molecule has 2 aromatic rings. The van der Waals surface area contributed by atoms with Gasteiger partial charge in [0.2, 0.25) is 0 Å². The molecule has 0 fully saturated rings. The fourth-order valence-corrected chi connectivity index (χ4v) is 2.61. The first-order valence-corrected chi connectivity index (χ1v) is 7.08. The number of hydrogen-bond donors (Lipinski definition) is 1. The van der Waals surface area contributed by atoms with Gasteiger partial charge in [0.1, 0.15) is 18.7 Å². The van der Waals surface area contributed by atoms with E-state index in [9.17, 15) is 5.11 Å². The van der Waals surface area contributed by atoms with Crippen LogP contribution in [-0.4, -0.2) is 19.9 Å². The number of aliphatic hydroxyl groups is 1. The molecular weight excluding hydrogens is 254 g/mol. The lowest BCUT2D eigenvalue weighted by molar-refractivity contribution is 0.180. The molecule has 0 saturated carbocycles. The highest BCUT2D eigenvalue weighted by Crippen LogP contribution is 2.33. The first kappa shape index (κ1) is 13.1. The maximum absolute atomic E-state index is 9.79. The molecule has 1 heterocycles. The maximum Gasteiger partial charge on any atom is 0.164 e. The lowest BCUT2D eigenvalue weighted by Crippen LogP contribution is -2.08. The van der Waals surface area contributed by atoms with Gasteiger partial charge in [-0.25, -0.2) is 9.67 Å². The maximum atomic E-state index is 9.79. The van der Waals surface area contributed by atoms with E-state index in [0.29, 0.717) is 6.61 Å². The van der Waals surface area contributed by atoms with Crippen molar-refractivity contribution in [1.82, 2.24) is 14.8 Å². The molecule has 1 aromatic heterocycles. The zero-order valence-electron chi connectivity index (χ0n) is 11.6. The van der Waals surface area contributed by atoms with Crippen molar-refractivity contribution in [2.24, 2.45) is 0 Å². The van der Waals surface area contributed by atoms with Gasteiger partial charge < -0.3 is 9.84 Å². The number of aromatic nitrogens is 3. The Bertz CT molecular complexity index is 595. The molecule has 20 heavy (non-hydrogen) atoms. The Morgan fingerprint density at radius 1 is 1.45 bits per heavy atom. The van der Waals surface area contributed by atoms with E-state index in [1.54, 1.807) is 6.33 Å². The monoisotopic (exact) mass is 273 g/mol. The Kier molecular flexibility index (Phi) is 3.69. The third kappa shape index (κ3) is 2.54. The Balaban J connectivity index is 1.68. The smallest absolute Gasteiger partial charge is 0.164 e. The van der Waals surface area contributed by atoms with Crippen LogP contribution in [0.2, 0.25) is 0 Å².